The molecule has 1 aliphatic rings. The number of methoxy groups -OCH3 is 1. The van der Waals surface area contributed by atoms with E-state index in [0.717, 1.165) is 5.75 Å². The van der Waals surface area contributed by atoms with Crippen molar-refractivity contribution in [2.45, 2.75) is 37.6 Å². The number of ether oxygens (including phenoxy) is 1. The fraction of sp³-hybridized carbons (Fsp3) is 0.571. The third-order valence-corrected chi connectivity index (χ3v) is 3.68. The van der Waals surface area contributed by atoms with Gasteiger partial charge in [-0.25, -0.2) is 0 Å². The monoisotopic (exact) mass is 219 g/mol. The normalized spacial score (nSPS) is 25.4. The van der Waals surface area contributed by atoms with Crippen LogP contribution >= 0.6 is 0 Å². The first kappa shape index (κ1) is 11.5. The van der Waals surface area contributed by atoms with Crippen molar-refractivity contribution in [1.82, 2.24) is 5.32 Å². The van der Waals surface area contributed by atoms with Crippen molar-refractivity contribution < 1.29 is 4.74 Å². The molecule has 1 saturated carbocycles. The highest BCUT2D eigenvalue weighted by Crippen LogP contribution is 2.33. The molecular formula is C14H21NO. The van der Waals surface area contributed by atoms with Gasteiger partial charge in [0.2, 0.25) is 0 Å². The van der Waals surface area contributed by atoms with Gasteiger partial charge >= 0.3 is 0 Å². The Balaban J connectivity index is 2.14. The molecule has 1 fully saturated rings. The lowest BCUT2D eigenvalue weighted by molar-refractivity contribution is 0.343. The van der Waals surface area contributed by atoms with Gasteiger partial charge in [-0.3, -0.25) is 0 Å². The van der Waals surface area contributed by atoms with Crippen LogP contribution in [0.1, 0.15) is 37.2 Å². The molecule has 88 valence electrons. The summed E-state index contributed by atoms with van der Waals surface area (Å²) in [5.41, 5.74) is 1.44. The van der Waals surface area contributed by atoms with E-state index < -0.39 is 0 Å². The fourth-order valence-electron chi connectivity index (χ4n) is 2.73. The molecule has 1 aliphatic carbocycles. The van der Waals surface area contributed by atoms with Crippen LogP contribution < -0.4 is 10.1 Å². The SMILES string of the molecule is CNC1CCCCC1c1ccc(OC)cc1. The molecular weight excluding hydrogens is 198 g/mol. The van der Waals surface area contributed by atoms with Gasteiger partial charge in [-0.15, -0.1) is 0 Å². The third-order valence-electron chi connectivity index (χ3n) is 3.68. The van der Waals surface area contributed by atoms with Gasteiger partial charge in [-0.05, 0) is 43.5 Å². The van der Waals surface area contributed by atoms with E-state index in [1.807, 2.05) is 0 Å². The van der Waals surface area contributed by atoms with Crippen molar-refractivity contribution in [1.29, 1.82) is 0 Å². The summed E-state index contributed by atoms with van der Waals surface area (Å²) >= 11 is 0. The average molecular weight is 219 g/mol. The third kappa shape index (κ3) is 2.38. The van der Waals surface area contributed by atoms with E-state index in [2.05, 4.69) is 36.6 Å². The summed E-state index contributed by atoms with van der Waals surface area (Å²) in [5, 5.41) is 3.45. The van der Waals surface area contributed by atoms with Gasteiger partial charge in [0.05, 0.1) is 7.11 Å². The molecule has 0 saturated heterocycles. The van der Waals surface area contributed by atoms with Crippen molar-refractivity contribution in [3.8, 4) is 5.75 Å². The number of hydrogen-bond donors (Lipinski definition) is 1. The lowest BCUT2D eigenvalue weighted by atomic mass is 9.80. The van der Waals surface area contributed by atoms with Gasteiger partial charge in [-0.2, -0.15) is 0 Å². The highest BCUT2D eigenvalue weighted by atomic mass is 16.5. The van der Waals surface area contributed by atoms with E-state index in [1.165, 1.54) is 31.2 Å². The first-order chi connectivity index (χ1) is 7.85. The standard InChI is InChI=1S/C14H21NO/c1-15-14-6-4-3-5-13(14)11-7-9-12(16-2)10-8-11/h7-10,13-15H,3-6H2,1-2H3. The van der Waals surface area contributed by atoms with E-state index in [9.17, 15) is 0 Å². The second kappa shape index (κ2) is 5.35. The second-order valence-corrected chi connectivity index (χ2v) is 4.56. The average Bonchev–Trinajstić information content (AvgIpc) is 2.39. The fourth-order valence-corrected chi connectivity index (χ4v) is 2.73. The molecule has 0 bridgehead atoms. The molecule has 0 radical (unpaired) electrons. The summed E-state index contributed by atoms with van der Waals surface area (Å²) in [7, 11) is 3.79. The topological polar surface area (TPSA) is 21.3 Å². The Labute approximate surface area is 98.0 Å². The molecule has 0 aromatic heterocycles. The smallest absolute Gasteiger partial charge is 0.118 e. The predicted octanol–water partition coefficient (Wildman–Crippen LogP) is 2.94. The van der Waals surface area contributed by atoms with Crippen LogP contribution in [0.2, 0.25) is 0 Å². The summed E-state index contributed by atoms with van der Waals surface area (Å²) in [5.74, 6) is 1.62. The van der Waals surface area contributed by atoms with E-state index >= 15 is 0 Å². The number of nitrogens with one attached hydrogen (secondary N) is 1. The van der Waals surface area contributed by atoms with Crippen molar-refractivity contribution in [2.24, 2.45) is 0 Å². The molecule has 1 aromatic carbocycles. The zero-order valence-electron chi connectivity index (χ0n) is 10.2. The maximum Gasteiger partial charge on any atom is 0.118 e. The summed E-state index contributed by atoms with van der Waals surface area (Å²) in [6.07, 6.45) is 5.32. The van der Waals surface area contributed by atoms with Crippen molar-refractivity contribution in [3.63, 3.8) is 0 Å². The number of benzene rings is 1. The minimum absolute atomic E-state index is 0.641. The Hall–Kier alpha value is -1.02. The molecule has 1 N–H and O–H groups in total. The van der Waals surface area contributed by atoms with Gasteiger partial charge in [0.15, 0.2) is 0 Å². The van der Waals surface area contributed by atoms with E-state index in [-0.39, 0.29) is 0 Å². The first-order valence-corrected chi connectivity index (χ1v) is 6.16. The quantitative estimate of drug-likeness (QED) is 0.844. The minimum Gasteiger partial charge on any atom is -0.497 e. The van der Waals surface area contributed by atoms with Crippen LogP contribution in [0.3, 0.4) is 0 Å². The molecule has 2 atom stereocenters. The van der Waals surface area contributed by atoms with Crippen LogP contribution in [0, 0.1) is 0 Å². The van der Waals surface area contributed by atoms with Crippen LogP contribution in [0.5, 0.6) is 5.75 Å². The largest absolute Gasteiger partial charge is 0.497 e. The number of rotatable bonds is 3. The summed E-state index contributed by atoms with van der Waals surface area (Å²) in [4.78, 5) is 0. The van der Waals surface area contributed by atoms with Crippen LogP contribution in [-0.4, -0.2) is 20.2 Å². The number of likely N-dealkylation sites (N-methyl/N-ethyl adjacent to an activating group) is 1. The van der Waals surface area contributed by atoms with Gasteiger partial charge in [-0.1, -0.05) is 25.0 Å². The van der Waals surface area contributed by atoms with Crippen molar-refractivity contribution in [2.75, 3.05) is 14.2 Å². The van der Waals surface area contributed by atoms with E-state index in [1.54, 1.807) is 7.11 Å². The molecule has 0 heterocycles. The maximum absolute atomic E-state index is 5.19. The minimum atomic E-state index is 0.641. The molecule has 0 spiro atoms. The van der Waals surface area contributed by atoms with Crippen LogP contribution in [0.4, 0.5) is 0 Å². The molecule has 1 aromatic rings. The van der Waals surface area contributed by atoms with Crippen LogP contribution in [-0.2, 0) is 0 Å². The first-order valence-electron chi connectivity index (χ1n) is 6.16. The lowest BCUT2D eigenvalue weighted by Crippen LogP contribution is -2.34. The van der Waals surface area contributed by atoms with Crippen molar-refractivity contribution in [3.05, 3.63) is 29.8 Å². The van der Waals surface area contributed by atoms with Gasteiger partial charge in [0, 0.05) is 6.04 Å². The summed E-state index contributed by atoms with van der Waals surface area (Å²) in [6, 6.07) is 9.19. The molecule has 0 amide bonds. The molecule has 2 heteroatoms. The highest BCUT2D eigenvalue weighted by molar-refractivity contribution is 5.30. The lowest BCUT2D eigenvalue weighted by Gasteiger charge is -2.31. The van der Waals surface area contributed by atoms with Crippen LogP contribution in [0.25, 0.3) is 0 Å². The van der Waals surface area contributed by atoms with E-state index in [0.29, 0.717) is 12.0 Å². The molecule has 2 nitrogen and oxygen atoms in total. The predicted molar refractivity (Wildman–Crippen MR) is 67.1 cm³/mol. The Bertz CT molecular complexity index is 320. The van der Waals surface area contributed by atoms with E-state index in [4.69, 9.17) is 4.74 Å². The zero-order chi connectivity index (χ0) is 11.4. The Morgan fingerprint density at radius 2 is 1.81 bits per heavy atom. The zero-order valence-corrected chi connectivity index (χ0v) is 10.2. The second-order valence-electron chi connectivity index (χ2n) is 4.56. The van der Waals surface area contributed by atoms with Crippen LogP contribution in [0.15, 0.2) is 24.3 Å². The Morgan fingerprint density at radius 1 is 1.12 bits per heavy atom. The number of hydrogen-bond acceptors (Lipinski definition) is 2. The summed E-state index contributed by atoms with van der Waals surface area (Å²) < 4.78 is 5.19. The Morgan fingerprint density at radius 3 is 2.44 bits per heavy atom. The van der Waals surface area contributed by atoms with Gasteiger partial charge < -0.3 is 10.1 Å². The van der Waals surface area contributed by atoms with Gasteiger partial charge in [0.1, 0.15) is 5.75 Å². The molecule has 2 rings (SSSR count). The van der Waals surface area contributed by atoms with Gasteiger partial charge in [0.25, 0.3) is 0 Å². The molecule has 2 unspecified atom stereocenters. The summed E-state index contributed by atoms with van der Waals surface area (Å²) in [6.45, 7) is 0. The molecule has 16 heavy (non-hydrogen) atoms. The molecule has 0 aliphatic heterocycles. The Kier molecular flexibility index (Phi) is 3.83. The maximum atomic E-state index is 5.19. The highest BCUT2D eigenvalue weighted by Gasteiger charge is 2.24. The van der Waals surface area contributed by atoms with Crippen molar-refractivity contribution >= 4 is 0 Å².